The number of likely N-dealkylation sites (N-methyl/N-ethyl adjacent to an activating group) is 1. The molecule has 1 aromatic heterocycles. The van der Waals surface area contributed by atoms with Gasteiger partial charge < -0.3 is 19.0 Å². The van der Waals surface area contributed by atoms with Crippen LogP contribution in [0.25, 0.3) is 11.0 Å². The summed E-state index contributed by atoms with van der Waals surface area (Å²) in [7, 11) is 0. The predicted octanol–water partition coefficient (Wildman–Crippen LogP) is 2.93. The number of furan rings is 1. The lowest BCUT2D eigenvalue weighted by atomic mass is 9.96. The van der Waals surface area contributed by atoms with Crippen molar-refractivity contribution in [3.8, 4) is 5.75 Å². The summed E-state index contributed by atoms with van der Waals surface area (Å²) in [6, 6.07) is 6.46. The maximum absolute atomic E-state index is 12.7. The first-order chi connectivity index (χ1) is 14.7. The first-order valence-corrected chi connectivity index (χ1v) is 11.6. The summed E-state index contributed by atoms with van der Waals surface area (Å²) in [5.74, 6) is 1.99. The average molecular weight is 412 g/mol. The van der Waals surface area contributed by atoms with Gasteiger partial charge in [-0.1, -0.05) is 6.92 Å². The monoisotopic (exact) mass is 411 g/mol. The summed E-state index contributed by atoms with van der Waals surface area (Å²) in [6.07, 6.45) is 5.60. The molecule has 6 nitrogen and oxygen atoms in total. The van der Waals surface area contributed by atoms with Crippen LogP contribution in [0.1, 0.15) is 37.5 Å². The molecule has 0 saturated carbocycles. The van der Waals surface area contributed by atoms with Crippen molar-refractivity contribution in [2.45, 2.75) is 45.1 Å². The Morgan fingerprint density at radius 2 is 1.97 bits per heavy atom. The standard InChI is InChI=1S/C24H33N3O3/c1-2-25-11-13-26(14-12-25)18-9-10-27(16-18)24(28)17-29-19-7-8-23-21(15-19)20-5-3-4-6-22(20)30-23/h7-8,15,18H,2-6,9-14,16-17H2,1H3. The molecule has 0 spiro atoms. The molecule has 0 radical (unpaired) electrons. The fraction of sp³-hybridized carbons (Fsp3) is 0.625. The molecule has 6 heteroatoms. The lowest BCUT2D eigenvalue weighted by Gasteiger charge is -2.37. The van der Waals surface area contributed by atoms with Crippen LogP contribution < -0.4 is 4.74 Å². The van der Waals surface area contributed by atoms with Crippen LogP contribution in [0, 0.1) is 0 Å². The Morgan fingerprint density at radius 1 is 1.13 bits per heavy atom. The number of piperazine rings is 1. The molecule has 2 saturated heterocycles. The first-order valence-electron chi connectivity index (χ1n) is 11.6. The number of aryl methyl sites for hydroxylation is 2. The van der Waals surface area contributed by atoms with Crippen molar-refractivity contribution < 1.29 is 13.9 Å². The summed E-state index contributed by atoms with van der Waals surface area (Å²) in [5, 5.41) is 1.15. The van der Waals surface area contributed by atoms with Crippen LogP contribution in [0.2, 0.25) is 0 Å². The van der Waals surface area contributed by atoms with E-state index in [9.17, 15) is 4.79 Å². The Morgan fingerprint density at radius 3 is 2.80 bits per heavy atom. The number of nitrogens with zero attached hydrogens (tertiary/aromatic N) is 3. The van der Waals surface area contributed by atoms with Crippen LogP contribution in [0.4, 0.5) is 0 Å². The lowest BCUT2D eigenvalue weighted by Crippen LogP contribution is -2.51. The molecular formula is C24H33N3O3. The molecular weight excluding hydrogens is 378 g/mol. The van der Waals surface area contributed by atoms with Crippen LogP contribution in [0.3, 0.4) is 0 Å². The predicted molar refractivity (Wildman–Crippen MR) is 117 cm³/mol. The minimum absolute atomic E-state index is 0.0963. The van der Waals surface area contributed by atoms with Gasteiger partial charge in [0.25, 0.3) is 5.91 Å². The number of fused-ring (bicyclic) bond motifs is 3. The van der Waals surface area contributed by atoms with E-state index in [0.717, 1.165) is 87.6 Å². The molecule has 0 N–H and O–H groups in total. The Balaban J connectivity index is 1.16. The van der Waals surface area contributed by atoms with Crippen LogP contribution in [-0.2, 0) is 17.6 Å². The van der Waals surface area contributed by atoms with E-state index >= 15 is 0 Å². The van der Waals surface area contributed by atoms with E-state index in [0.29, 0.717) is 6.04 Å². The highest BCUT2D eigenvalue weighted by Gasteiger charge is 2.32. The minimum atomic E-state index is 0.0963. The minimum Gasteiger partial charge on any atom is -0.484 e. The Bertz CT molecular complexity index is 900. The van der Waals surface area contributed by atoms with E-state index in [4.69, 9.17) is 9.15 Å². The smallest absolute Gasteiger partial charge is 0.260 e. The van der Waals surface area contributed by atoms with Gasteiger partial charge >= 0.3 is 0 Å². The highest BCUT2D eigenvalue weighted by molar-refractivity contribution is 5.84. The highest BCUT2D eigenvalue weighted by atomic mass is 16.5. The number of hydrogen-bond donors (Lipinski definition) is 0. The number of hydrogen-bond acceptors (Lipinski definition) is 5. The number of likely N-dealkylation sites (tertiary alicyclic amines) is 1. The molecule has 3 aliphatic rings. The van der Waals surface area contributed by atoms with Crippen LogP contribution >= 0.6 is 0 Å². The third kappa shape index (κ3) is 3.95. The number of carbonyl (C=O) groups excluding carboxylic acids is 1. The molecule has 1 aliphatic carbocycles. The van der Waals surface area contributed by atoms with Crippen LogP contribution in [-0.4, -0.2) is 79.1 Å². The third-order valence-electron chi connectivity index (χ3n) is 7.18. The summed E-state index contributed by atoms with van der Waals surface area (Å²) < 4.78 is 11.9. The SMILES string of the molecule is CCN1CCN(C2CCN(C(=O)COc3ccc4oc5c(c4c3)CCCC5)C2)CC1. The summed E-state index contributed by atoms with van der Waals surface area (Å²) in [4.78, 5) is 19.8. The van der Waals surface area contributed by atoms with Gasteiger partial charge in [-0.2, -0.15) is 0 Å². The molecule has 0 bridgehead atoms. The maximum Gasteiger partial charge on any atom is 0.260 e. The quantitative estimate of drug-likeness (QED) is 0.757. The Hall–Kier alpha value is -2.05. The van der Waals surface area contributed by atoms with Crippen molar-refractivity contribution in [3.05, 3.63) is 29.5 Å². The molecule has 1 amide bonds. The van der Waals surface area contributed by atoms with E-state index < -0.39 is 0 Å². The van der Waals surface area contributed by atoms with Gasteiger partial charge in [-0.25, -0.2) is 0 Å². The van der Waals surface area contributed by atoms with Gasteiger partial charge in [0.1, 0.15) is 17.1 Å². The number of ether oxygens (including phenoxy) is 1. The summed E-state index contributed by atoms with van der Waals surface area (Å²) >= 11 is 0. The summed E-state index contributed by atoms with van der Waals surface area (Å²) in [5.41, 5.74) is 2.27. The number of rotatable bonds is 5. The molecule has 3 heterocycles. The fourth-order valence-electron chi connectivity index (χ4n) is 5.28. The zero-order valence-corrected chi connectivity index (χ0v) is 18.1. The molecule has 1 atom stereocenters. The zero-order chi connectivity index (χ0) is 20.5. The second-order valence-electron chi connectivity index (χ2n) is 8.91. The zero-order valence-electron chi connectivity index (χ0n) is 18.1. The average Bonchev–Trinajstić information content (AvgIpc) is 3.42. The van der Waals surface area contributed by atoms with Crippen LogP contribution in [0.15, 0.2) is 22.6 Å². The molecule has 2 fully saturated rings. The Labute approximate surface area is 178 Å². The van der Waals surface area contributed by atoms with E-state index in [-0.39, 0.29) is 12.5 Å². The highest BCUT2D eigenvalue weighted by Crippen LogP contribution is 2.34. The van der Waals surface area contributed by atoms with Crippen molar-refractivity contribution in [2.75, 3.05) is 52.4 Å². The molecule has 162 valence electrons. The van der Waals surface area contributed by atoms with E-state index in [2.05, 4.69) is 22.8 Å². The van der Waals surface area contributed by atoms with Gasteiger partial charge in [0, 0.05) is 62.7 Å². The second kappa shape index (κ2) is 8.60. The number of benzene rings is 1. The molecule has 2 aliphatic heterocycles. The van der Waals surface area contributed by atoms with Crippen molar-refractivity contribution in [1.82, 2.24) is 14.7 Å². The molecule has 1 aromatic carbocycles. The molecule has 1 unspecified atom stereocenters. The topological polar surface area (TPSA) is 49.2 Å². The Kier molecular flexibility index (Phi) is 5.70. The normalized spacial score (nSPS) is 23.1. The maximum atomic E-state index is 12.7. The lowest BCUT2D eigenvalue weighted by molar-refractivity contribution is -0.132. The fourth-order valence-corrected chi connectivity index (χ4v) is 5.28. The summed E-state index contributed by atoms with van der Waals surface area (Å²) in [6.45, 7) is 9.67. The van der Waals surface area contributed by atoms with Gasteiger partial charge in [0.2, 0.25) is 0 Å². The van der Waals surface area contributed by atoms with Gasteiger partial charge in [-0.05, 0) is 50.4 Å². The molecule has 30 heavy (non-hydrogen) atoms. The van der Waals surface area contributed by atoms with Gasteiger partial charge in [-0.3, -0.25) is 9.69 Å². The van der Waals surface area contributed by atoms with Crippen molar-refractivity contribution in [1.29, 1.82) is 0 Å². The van der Waals surface area contributed by atoms with Gasteiger partial charge in [-0.15, -0.1) is 0 Å². The molecule has 2 aromatic rings. The number of carbonyl (C=O) groups is 1. The van der Waals surface area contributed by atoms with Gasteiger partial charge in [0.15, 0.2) is 6.61 Å². The van der Waals surface area contributed by atoms with E-state index in [1.165, 1.54) is 18.4 Å². The second-order valence-corrected chi connectivity index (χ2v) is 8.91. The molecule has 5 rings (SSSR count). The number of amides is 1. The first kappa shape index (κ1) is 19.9. The van der Waals surface area contributed by atoms with Crippen molar-refractivity contribution >= 4 is 16.9 Å². The van der Waals surface area contributed by atoms with Crippen molar-refractivity contribution in [2.24, 2.45) is 0 Å². The van der Waals surface area contributed by atoms with Crippen molar-refractivity contribution in [3.63, 3.8) is 0 Å². The third-order valence-corrected chi connectivity index (χ3v) is 7.18. The van der Waals surface area contributed by atoms with E-state index in [1.54, 1.807) is 0 Å². The largest absolute Gasteiger partial charge is 0.484 e. The van der Waals surface area contributed by atoms with E-state index in [1.807, 2.05) is 17.0 Å². The van der Waals surface area contributed by atoms with Crippen LogP contribution in [0.5, 0.6) is 5.75 Å². The van der Waals surface area contributed by atoms with Gasteiger partial charge in [0.05, 0.1) is 0 Å².